The highest BCUT2D eigenvalue weighted by molar-refractivity contribution is 5.95. The molecule has 2 rings (SSSR count). The molecular formula is C14H18N2O4. The first-order valence-electron chi connectivity index (χ1n) is 6.56. The van der Waals surface area contributed by atoms with Crippen molar-refractivity contribution in [1.82, 2.24) is 10.2 Å². The summed E-state index contributed by atoms with van der Waals surface area (Å²) in [5, 5.41) is 2.66. The van der Waals surface area contributed by atoms with Crippen LogP contribution in [0.1, 0.15) is 12.8 Å². The van der Waals surface area contributed by atoms with E-state index >= 15 is 0 Å². The number of hydrogen-bond donors (Lipinski definition) is 1. The lowest BCUT2D eigenvalue weighted by molar-refractivity contribution is -0.125. The van der Waals surface area contributed by atoms with Gasteiger partial charge in [0.05, 0.1) is 13.7 Å². The van der Waals surface area contributed by atoms with E-state index in [9.17, 15) is 9.59 Å². The van der Waals surface area contributed by atoms with E-state index in [-0.39, 0.29) is 11.9 Å². The molecule has 1 aliphatic rings. The molecular weight excluding hydrogens is 260 g/mol. The van der Waals surface area contributed by atoms with Gasteiger partial charge in [0.1, 0.15) is 18.1 Å². The van der Waals surface area contributed by atoms with Gasteiger partial charge in [0.2, 0.25) is 5.91 Å². The molecule has 1 saturated heterocycles. The maximum absolute atomic E-state index is 11.7. The molecule has 6 heteroatoms. The largest absolute Gasteiger partial charge is 0.497 e. The number of benzene rings is 1. The van der Waals surface area contributed by atoms with Crippen molar-refractivity contribution in [1.29, 1.82) is 0 Å². The lowest BCUT2D eigenvalue weighted by atomic mass is 10.3. The molecule has 1 heterocycles. The van der Waals surface area contributed by atoms with Gasteiger partial charge in [-0.05, 0) is 30.7 Å². The second-order valence-corrected chi connectivity index (χ2v) is 4.40. The molecule has 1 aliphatic heterocycles. The molecule has 1 aromatic carbocycles. The molecule has 108 valence electrons. The lowest BCUT2D eigenvalue weighted by Crippen LogP contribution is -2.42. The molecule has 0 atom stereocenters. The normalized spacial score (nSPS) is 14.2. The summed E-state index contributed by atoms with van der Waals surface area (Å²) >= 11 is 0. The summed E-state index contributed by atoms with van der Waals surface area (Å²) in [5.74, 6) is 1.36. The Morgan fingerprint density at radius 2 is 2.00 bits per heavy atom. The van der Waals surface area contributed by atoms with Crippen LogP contribution < -0.4 is 14.8 Å². The first kappa shape index (κ1) is 14.2. The highest BCUT2D eigenvalue weighted by Gasteiger charge is 2.25. The van der Waals surface area contributed by atoms with Crippen molar-refractivity contribution < 1.29 is 19.1 Å². The van der Waals surface area contributed by atoms with Gasteiger partial charge >= 0.3 is 6.03 Å². The van der Waals surface area contributed by atoms with Crippen LogP contribution in [0.5, 0.6) is 11.5 Å². The number of amides is 3. The Morgan fingerprint density at radius 3 is 2.60 bits per heavy atom. The predicted octanol–water partition coefficient (Wildman–Crippen LogP) is 1.41. The number of methoxy groups -OCH3 is 1. The van der Waals surface area contributed by atoms with Gasteiger partial charge in [-0.25, -0.2) is 4.79 Å². The first-order chi connectivity index (χ1) is 9.70. The van der Waals surface area contributed by atoms with E-state index in [1.807, 2.05) is 0 Å². The maximum atomic E-state index is 11.7. The van der Waals surface area contributed by atoms with E-state index in [1.165, 1.54) is 4.90 Å². The standard InChI is InChI=1S/C14H18N2O4/c1-19-11-4-6-12(7-5-11)20-10-8-15-14(18)16-9-2-3-13(16)17/h4-7H,2-3,8-10H2,1H3,(H,15,18). The smallest absolute Gasteiger partial charge is 0.324 e. The van der Waals surface area contributed by atoms with Gasteiger partial charge in [0.25, 0.3) is 0 Å². The third-order valence-electron chi connectivity index (χ3n) is 3.03. The molecule has 6 nitrogen and oxygen atoms in total. The van der Waals surface area contributed by atoms with E-state index in [2.05, 4.69) is 5.32 Å². The summed E-state index contributed by atoms with van der Waals surface area (Å²) in [5.41, 5.74) is 0. The quantitative estimate of drug-likeness (QED) is 0.827. The highest BCUT2D eigenvalue weighted by atomic mass is 16.5. The lowest BCUT2D eigenvalue weighted by Gasteiger charge is -2.14. The Hall–Kier alpha value is -2.24. The Balaban J connectivity index is 1.68. The van der Waals surface area contributed by atoms with E-state index in [0.29, 0.717) is 31.9 Å². The summed E-state index contributed by atoms with van der Waals surface area (Å²) in [4.78, 5) is 24.3. The number of carbonyl (C=O) groups is 2. The minimum absolute atomic E-state index is 0.112. The average Bonchev–Trinajstić information content (AvgIpc) is 2.90. The first-order valence-corrected chi connectivity index (χ1v) is 6.56. The Kier molecular flexibility index (Phi) is 4.81. The van der Waals surface area contributed by atoms with Crippen LogP contribution in [0.2, 0.25) is 0 Å². The van der Waals surface area contributed by atoms with Crippen molar-refractivity contribution in [2.75, 3.05) is 26.8 Å². The van der Waals surface area contributed by atoms with Gasteiger partial charge in [0, 0.05) is 13.0 Å². The zero-order chi connectivity index (χ0) is 14.4. The number of nitrogens with zero attached hydrogens (tertiary/aromatic N) is 1. The zero-order valence-corrected chi connectivity index (χ0v) is 11.4. The average molecular weight is 278 g/mol. The second kappa shape index (κ2) is 6.79. The predicted molar refractivity (Wildman–Crippen MR) is 72.8 cm³/mol. The summed E-state index contributed by atoms with van der Waals surface area (Å²) in [7, 11) is 1.60. The van der Waals surface area contributed by atoms with Crippen LogP contribution in [0.4, 0.5) is 4.79 Å². The number of ether oxygens (including phenoxy) is 2. The third kappa shape index (κ3) is 3.63. The molecule has 0 saturated carbocycles. The molecule has 0 aliphatic carbocycles. The summed E-state index contributed by atoms with van der Waals surface area (Å²) in [6.07, 6.45) is 1.20. The molecule has 0 aromatic heterocycles. The number of nitrogens with one attached hydrogen (secondary N) is 1. The fraction of sp³-hybridized carbons (Fsp3) is 0.429. The van der Waals surface area contributed by atoms with E-state index in [1.54, 1.807) is 31.4 Å². The molecule has 3 amide bonds. The second-order valence-electron chi connectivity index (χ2n) is 4.40. The molecule has 1 aromatic rings. The zero-order valence-electron chi connectivity index (χ0n) is 11.4. The van der Waals surface area contributed by atoms with Crippen LogP contribution in [0, 0.1) is 0 Å². The molecule has 0 radical (unpaired) electrons. The number of rotatable bonds is 5. The topological polar surface area (TPSA) is 67.9 Å². The molecule has 1 fully saturated rings. The van der Waals surface area contributed by atoms with E-state index < -0.39 is 0 Å². The monoisotopic (exact) mass is 278 g/mol. The van der Waals surface area contributed by atoms with Crippen LogP contribution in [0.15, 0.2) is 24.3 Å². The van der Waals surface area contributed by atoms with Gasteiger partial charge in [0.15, 0.2) is 0 Å². The molecule has 0 spiro atoms. The summed E-state index contributed by atoms with van der Waals surface area (Å²) < 4.78 is 10.5. The van der Waals surface area contributed by atoms with Gasteiger partial charge < -0.3 is 14.8 Å². The van der Waals surface area contributed by atoms with Gasteiger partial charge in [-0.15, -0.1) is 0 Å². The van der Waals surface area contributed by atoms with Crippen molar-refractivity contribution in [3.8, 4) is 11.5 Å². The van der Waals surface area contributed by atoms with Gasteiger partial charge in [-0.2, -0.15) is 0 Å². The van der Waals surface area contributed by atoms with E-state index in [0.717, 1.165) is 12.2 Å². The van der Waals surface area contributed by atoms with E-state index in [4.69, 9.17) is 9.47 Å². The summed E-state index contributed by atoms with van der Waals surface area (Å²) in [6, 6.07) is 6.86. The molecule has 0 unspecified atom stereocenters. The van der Waals surface area contributed by atoms with Gasteiger partial charge in [-0.3, -0.25) is 9.69 Å². The van der Waals surface area contributed by atoms with Crippen molar-refractivity contribution in [3.63, 3.8) is 0 Å². The van der Waals surface area contributed by atoms with Crippen molar-refractivity contribution >= 4 is 11.9 Å². The van der Waals surface area contributed by atoms with Crippen LogP contribution in [-0.4, -0.2) is 43.6 Å². The minimum Gasteiger partial charge on any atom is -0.497 e. The number of likely N-dealkylation sites (tertiary alicyclic amines) is 1. The van der Waals surface area contributed by atoms with Crippen LogP contribution in [-0.2, 0) is 4.79 Å². The molecule has 0 bridgehead atoms. The van der Waals surface area contributed by atoms with Crippen molar-refractivity contribution in [3.05, 3.63) is 24.3 Å². The Labute approximate surface area is 117 Å². The van der Waals surface area contributed by atoms with Crippen LogP contribution in [0.25, 0.3) is 0 Å². The Morgan fingerprint density at radius 1 is 1.30 bits per heavy atom. The number of carbonyl (C=O) groups excluding carboxylic acids is 2. The van der Waals surface area contributed by atoms with Gasteiger partial charge in [-0.1, -0.05) is 0 Å². The number of imide groups is 1. The summed E-state index contributed by atoms with van der Waals surface area (Å²) in [6.45, 7) is 1.21. The SMILES string of the molecule is COc1ccc(OCCNC(=O)N2CCCC2=O)cc1. The fourth-order valence-electron chi connectivity index (χ4n) is 1.96. The molecule has 1 N–H and O–H groups in total. The Bertz CT molecular complexity index is 473. The third-order valence-corrected chi connectivity index (χ3v) is 3.03. The number of hydrogen-bond acceptors (Lipinski definition) is 4. The van der Waals surface area contributed by atoms with Crippen LogP contribution in [0.3, 0.4) is 0 Å². The maximum Gasteiger partial charge on any atom is 0.324 e. The fourth-order valence-corrected chi connectivity index (χ4v) is 1.96. The number of urea groups is 1. The minimum atomic E-state index is -0.342. The van der Waals surface area contributed by atoms with Crippen LogP contribution >= 0.6 is 0 Å². The van der Waals surface area contributed by atoms with Crippen molar-refractivity contribution in [2.24, 2.45) is 0 Å². The molecule has 20 heavy (non-hydrogen) atoms. The van der Waals surface area contributed by atoms with Crippen molar-refractivity contribution in [2.45, 2.75) is 12.8 Å². The highest BCUT2D eigenvalue weighted by Crippen LogP contribution is 2.16.